The van der Waals surface area contributed by atoms with E-state index in [0.717, 1.165) is 22.9 Å². The standard InChI is InChI=1S/C25H22F3N3O3/c1-15-10-17(6-7-29-15)16-4-3-5-18(11-16)20-14-24(32)31-21-12-19(25(26,27)28)23(13-22(21)30-20)34-9-8-33-2/h3-7,10-13H,8-9,14H2,1-2H3,(H,31,32). The van der Waals surface area contributed by atoms with Crippen LogP contribution in [0.5, 0.6) is 5.75 Å². The van der Waals surface area contributed by atoms with Crippen LogP contribution in [0.2, 0.25) is 0 Å². The summed E-state index contributed by atoms with van der Waals surface area (Å²) < 4.78 is 51.1. The van der Waals surface area contributed by atoms with Gasteiger partial charge in [-0.15, -0.1) is 0 Å². The van der Waals surface area contributed by atoms with Gasteiger partial charge < -0.3 is 14.8 Å². The minimum atomic E-state index is -4.67. The Labute approximate surface area is 194 Å². The number of pyridine rings is 1. The molecule has 2 aromatic carbocycles. The third-order valence-corrected chi connectivity index (χ3v) is 5.23. The largest absolute Gasteiger partial charge is 0.490 e. The van der Waals surface area contributed by atoms with Gasteiger partial charge in [0.25, 0.3) is 0 Å². The van der Waals surface area contributed by atoms with Gasteiger partial charge in [0.2, 0.25) is 5.91 Å². The molecule has 0 radical (unpaired) electrons. The summed E-state index contributed by atoms with van der Waals surface area (Å²) in [4.78, 5) is 21.3. The van der Waals surface area contributed by atoms with E-state index in [1.165, 1.54) is 13.2 Å². The Kier molecular flexibility index (Phi) is 6.65. The van der Waals surface area contributed by atoms with E-state index in [2.05, 4.69) is 15.3 Å². The van der Waals surface area contributed by atoms with Crippen LogP contribution < -0.4 is 10.1 Å². The second kappa shape index (κ2) is 9.64. The summed E-state index contributed by atoms with van der Waals surface area (Å²) in [6.45, 7) is 1.96. The lowest BCUT2D eigenvalue weighted by Gasteiger charge is -2.16. The van der Waals surface area contributed by atoms with Crippen LogP contribution in [0.25, 0.3) is 11.1 Å². The van der Waals surface area contributed by atoms with Crippen LogP contribution in [0.1, 0.15) is 23.2 Å². The van der Waals surface area contributed by atoms with Crippen molar-refractivity contribution in [3.63, 3.8) is 0 Å². The van der Waals surface area contributed by atoms with Gasteiger partial charge >= 0.3 is 6.18 Å². The maximum absolute atomic E-state index is 13.6. The number of anilines is 1. The smallest absolute Gasteiger partial charge is 0.420 e. The first-order valence-corrected chi connectivity index (χ1v) is 10.5. The van der Waals surface area contributed by atoms with Crippen LogP contribution in [0.4, 0.5) is 24.5 Å². The molecule has 3 aromatic rings. The van der Waals surface area contributed by atoms with E-state index in [4.69, 9.17) is 9.47 Å². The molecular weight excluding hydrogens is 447 g/mol. The first-order chi connectivity index (χ1) is 16.2. The van der Waals surface area contributed by atoms with Gasteiger partial charge in [-0.25, -0.2) is 4.99 Å². The average Bonchev–Trinajstić information content (AvgIpc) is 2.96. The predicted molar refractivity (Wildman–Crippen MR) is 123 cm³/mol. The molecule has 1 aliphatic heterocycles. The summed E-state index contributed by atoms with van der Waals surface area (Å²) in [7, 11) is 1.43. The van der Waals surface area contributed by atoms with Gasteiger partial charge in [-0.2, -0.15) is 13.2 Å². The molecule has 34 heavy (non-hydrogen) atoms. The van der Waals surface area contributed by atoms with Crippen molar-refractivity contribution in [2.45, 2.75) is 19.5 Å². The number of carbonyl (C=O) groups excluding carboxylic acids is 1. The number of carbonyl (C=O) groups is 1. The van der Waals surface area contributed by atoms with E-state index >= 15 is 0 Å². The second-order valence-corrected chi connectivity index (χ2v) is 7.75. The number of fused-ring (bicyclic) bond motifs is 1. The third kappa shape index (κ3) is 5.26. The number of nitrogens with one attached hydrogen (secondary N) is 1. The molecule has 0 aliphatic carbocycles. The summed E-state index contributed by atoms with van der Waals surface area (Å²) in [6, 6.07) is 13.4. The number of aliphatic imine (C=N–C) groups is 1. The van der Waals surface area contributed by atoms with Crippen molar-refractivity contribution < 1.29 is 27.4 Å². The number of benzene rings is 2. The Bertz CT molecular complexity index is 1260. The SMILES string of the molecule is COCCOc1cc2c(cc1C(F)(F)F)NC(=O)CC(c1cccc(-c3ccnc(C)c3)c1)=N2. The normalized spacial score (nSPS) is 13.6. The topological polar surface area (TPSA) is 72.8 Å². The lowest BCUT2D eigenvalue weighted by atomic mass is 10.00. The first kappa shape index (κ1) is 23.4. The van der Waals surface area contributed by atoms with E-state index < -0.39 is 17.6 Å². The molecule has 1 aromatic heterocycles. The highest BCUT2D eigenvalue weighted by atomic mass is 19.4. The van der Waals surface area contributed by atoms with Crippen molar-refractivity contribution in [1.82, 2.24) is 4.98 Å². The zero-order chi connectivity index (χ0) is 24.3. The van der Waals surface area contributed by atoms with Crippen LogP contribution in [-0.4, -0.2) is 36.9 Å². The third-order valence-electron chi connectivity index (χ3n) is 5.23. The molecular formula is C25H22F3N3O3. The molecule has 6 nitrogen and oxygen atoms in total. The van der Waals surface area contributed by atoms with Gasteiger partial charge in [-0.05, 0) is 47.9 Å². The number of nitrogens with zero attached hydrogens (tertiary/aromatic N) is 2. The number of hydrogen-bond donors (Lipinski definition) is 1. The highest BCUT2D eigenvalue weighted by molar-refractivity contribution is 6.17. The van der Waals surface area contributed by atoms with Crippen molar-refractivity contribution in [3.05, 3.63) is 71.5 Å². The van der Waals surface area contributed by atoms with Crippen LogP contribution >= 0.6 is 0 Å². The van der Waals surface area contributed by atoms with Gasteiger partial charge in [-0.3, -0.25) is 9.78 Å². The summed E-state index contributed by atoms with van der Waals surface area (Å²) >= 11 is 0. The van der Waals surface area contributed by atoms with Crippen molar-refractivity contribution in [2.75, 3.05) is 25.6 Å². The number of halogens is 3. The van der Waals surface area contributed by atoms with Gasteiger partial charge in [0.15, 0.2) is 0 Å². The zero-order valence-electron chi connectivity index (χ0n) is 18.6. The second-order valence-electron chi connectivity index (χ2n) is 7.75. The molecule has 176 valence electrons. The lowest BCUT2D eigenvalue weighted by molar-refractivity contribution is -0.139. The van der Waals surface area contributed by atoms with E-state index in [0.29, 0.717) is 11.3 Å². The van der Waals surface area contributed by atoms with Crippen molar-refractivity contribution >= 4 is 23.0 Å². The molecule has 9 heteroatoms. The molecule has 1 N–H and O–H groups in total. The van der Waals surface area contributed by atoms with Crippen molar-refractivity contribution in [2.24, 2.45) is 4.99 Å². The molecule has 0 unspecified atom stereocenters. The van der Waals surface area contributed by atoms with Crippen LogP contribution in [-0.2, 0) is 15.7 Å². The first-order valence-electron chi connectivity index (χ1n) is 10.5. The molecule has 1 aliphatic rings. The number of methoxy groups -OCH3 is 1. The van der Waals surface area contributed by atoms with Crippen LogP contribution in [0, 0.1) is 6.92 Å². The molecule has 0 bridgehead atoms. The molecule has 0 saturated carbocycles. The molecule has 2 heterocycles. The van der Waals surface area contributed by atoms with Gasteiger partial charge in [0.1, 0.15) is 12.4 Å². The van der Waals surface area contributed by atoms with Crippen LogP contribution in [0.15, 0.2) is 59.7 Å². The molecule has 4 rings (SSSR count). The summed E-state index contributed by atoms with van der Waals surface area (Å²) in [5.74, 6) is -0.826. The number of rotatable bonds is 6. The monoisotopic (exact) mass is 469 g/mol. The molecule has 0 fully saturated rings. The maximum Gasteiger partial charge on any atom is 0.420 e. The van der Waals surface area contributed by atoms with E-state index in [1.54, 1.807) is 6.20 Å². The van der Waals surface area contributed by atoms with Gasteiger partial charge in [-0.1, -0.05) is 18.2 Å². The number of aryl methyl sites for hydroxylation is 1. The molecule has 0 atom stereocenters. The Morgan fingerprint density at radius 1 is 1.03 bits per heavy atom. The quantitative estimate of drug-likeness (QED) is 0.480. The fraction of sp³-hybridized carbons (Fsp3) is 0.240. The number of ether oxygens (including phenoxy) is 2. The van der Waals surface area contributed by atoms with Crippen molar-refractivity contribution in [3.8, 4) is 16.9 Å². The zero-order valence-corrected chi connectivity index (χ0v) is 18.6. The fourth-order valence-corrected chi connectivity index (χ4v) is 3.64. The lowest BCUT2D eigenvalue weighted by Crippen LogP contribution is -2.16. The fourth-order valence-electron chi connectivity index (χ4n) is 3.64. The Balaban J connectivity index is 1.78. The molecule has 0 spiro atoms. The Hall–Kier alpha value is -3.72. The minimum Gasteiger partial charge on any atom is -0.490 e. The van der Waals surface area contributed by atoms with E-state index in [1.807, 2.05) is 43.3 Å². The molecule has 1 amide bonds. The van der Waals surface area contributed by atoms with Gasteiger partial charge in [0.05, 0.1) is 35.7 Å². The number of hydrogen-bond acceptors (Lipinski definition) is 5. The Morgan fingerprint density at radius 3 is 2.53 bits per heavy atom. The molecule has 0 saturated heterocycles. The Morgan fingerprint density at radius 2 is 1.79 bits per heavy atom. The highest BCUT2D eigenvalue weighted by Gasteiger charge is 2.36. The summed E-state index contributed by atoms with van der Waals surface area (Å²) in [6.07, 6.45) is -3.04. The van der Waals surface area contributed by atoms with E-state index in [-0.39, 0.29) is 36.8 Å². The van der Waals surface area contributed by atoms with Crippen molar-refractivity contribution in [1.29, 1.82) is 0 Å². The highest BCUT2D eigenvalue weighted by Crippen LogP contribution is 2.43. The number of aromatic nitrogens is 1. The maximum atomic E-state index is 13.6. The summed E-state index contributed by atoms with van der Waals surface area (Å²) in [5.41, 5.74) is 3.03. The summed E-state index contributed by atoms with van der Waals surface area (Å²) in [5, 5.41) is 2.54. The minimum absolute atomic E-state index is 0.0210. The predicted octanol–water partition coefficient (Wildman–Crippen LogP) is 5.56. The van der Waals surface area contributed by atoms with Crippen LogP contribution in [0.3, 0.4) is 0 Å². The number of amides is 1. The average molecular weight is 469 g/mol. The van der Waals surface area contributed by atoms with E-state index in [9.17, 15) is 18.0 Å². The number of alkyl halides is 3. The van der Waals surface area contributed by atoms with Gasteiger partial charge in [0, 0.05) is 25.1 Å².